The molecule has 0 atom stereocenters. The van der Waals surface area contributed by atoms with Crippen molar-refractivity contribution in [3.8, 4) is 5.75 Å². The fourth-order valence-electron chi connectivity index (χ4n) is 1.48. The molecular formula is C14H12O2S. The molecule has 86 valence electrons. The minimum atomic E-state index is 0.574. The fraction of sp³-hybridized carbons (Fsp3) is 0.0714. The summed E-state index contributed by atoms with van der Waals surface area (Å²) in [6.07, 6.45) is 0.801. The molecule has 3 heteroatoms. The van der Waals surface area contributed by atoms with E-state index >= 15 is 0 Å². The second-order valence-corrected chi connectivity index (χ2v) is 4.58. The van der Waals surface area contributed by atoms with Crippen molar-refractivity contribution >= 4 is 18.0 Å². The minimum absolute atomic E-state index is 0.574. The Morgan fingerprint density at radius 2 is 1.82 bits per heavy atom. The number of benzene rings is 2. The van der Waals surface area contributed by atoms with Crippen LogP contribution in [0.4, 0.5) is 0 Å². The lowest BCUT2D eigenvalue weighted by Crippen LogP contribution is -1.90. The monoisotopic (exact) mass is 244 g/mol. The average molecular weight is 244 g/mol. The van der Waals surface area contributed by atoms with Gasteiger partial charge in [-0.05, 0) is 30.3 Å². The van der Waals surface area contributed by atoms with Crippen molar-refractivity contribution in [2.24, 2.45) is 0 Å². The van der Waals surface area contributed by atoms with Crippen LogP contribution in [0.2, 0.25) is 0 Å². The molecule has 0 aliphatic carbocycles. The molecule has 0 aliphatic rings. The van der Waals surface area contributed by atoms with Crippen LogP contribution < -0.4 is 4.74 Å². The van der Waals surface area contributed by atoms with Crippen LogP contribution in [0.1, 0.15) is 10.4 Å². The standard InChI is InChI=1S/C14H12O2S/c1-16-14-9-13(8-7-11(14)10-15)17-12-5-3-2-4-6-12/h2-10H,1H3. The van der Waals surface area contributed by atoms with E-state index in [1.807, 2.05) is 42.5 Å². The van der Waals surface area contributed by atoms with Crippen LogP contribution in [0.25, 0.3) is 0 Å². The normalized spacial score (nSPS) is 9.94. The number of hydrogen-bond acceptors (Lipinski definition) is 3. The molecule has 0 amide bonds. The highest BCUT2D eigenvalue weighted by molar-refractivity contribution is 7.99. The van der Waals surface area contributed by atoms with Crippen molar-refractivity contribution in [3.05, 3.63) is 54.1 Å². The van der Waals surface area contributed by atoms with Crippen molar-refractivity contribution in [3.63, 3.8) is 0 Å². The van der Waals surface area contributed by atoms with Gasteiger partial charge in [-0.3, -0.25) is 4.79 Å². The molecule has 2 aromatic carbocycles. The summed E-state index contributed by atoms with van der Waals surface area (Å²) in [5, 5.41) is 0. The third-order valence-electron chi connectivity index (χ3n) is 2.31. The van der Waals surface area contributed by atoms with E-state index in [2.05, 4.69) is 0 Å². The molecule has 0 bridgehead atoms. The van der Waals surface area contributed by atoms with Crippen LogP contribution in [0.15, 0.2) is 58.3 Å². The Kier molecular flexibility index (Phi) is 3.83. The van der Waals surface area contributed by atoms with Gasteiger partial charge >= 0.3 is 0 Å². The third-order valence-corrected chi connectivity index (χ3v) is 3.31. The van der Waals surface area contributed by atoms with E-state index in [0.717, 1.165) is 16.1 Å². The number of ether oxygens (including phenoxy) is 1. The van der Waals surface area contributed by atoms with Gasteiger partial charge in [-0.1, -0.05) is 30.0 Å². The number of carbonyl (C=O) groups is 1. The summed E-state index contributed by atoms with van der Waals surface area (Å²) >= 11 is 1.64. The molecule has 0 saturated heterocycles. The van der Waals surface area contributed by atoms with Crippen LogP contribution in [0, 0.1) is 0 Å². The maximum Gasteiger partial charge on any atom is 0.153 e. The largest absolute Gasteiger partial charge is 0.496 e. The summed E-state index contributed by atoms with van der Waals surface area (Å²) in [4.78, 5) is 13.0. The summed E-state index contributed by atoms with van der Waals surface area (Å²) in [7, 11) is 1.57. The quantitative estimate of drug-likeness (QED) is 0.768. The van der Waals surface area contributed by atoms with Crippen molar-refractivity contribution in [1.29, 1.82) is 0 Å². The molecule has 2 nitrogen and oxygen atoms in total. The van der Waals surface area contributed by atoms with Gasteiger partial charge in [-0.15, -0.1) is 0 Å². The van der Waals surface area contributed by atoms with E-state index in [1.165, 1.54) is 0 Å². The lowest BCUT2D eigenvalue weighted by Gasteiger charge is -2.06. The third kappa shape index (κ3) is 2.88. The van der Waals surface area contributed by atoms with Crippen molar-refractivity contribution in [2.45, 2.75) is 9.79 Å². The SMILES string of the molecule is COc1cc(Sc2ccccc2)ccc1C=O. The Morgan fingerprint density at radius 3 is 2.47 bits per heavy atom. The van der Waals surface area contributed by atoms with Crippen LogP contribution in [0.3, 0.4) is 0 Å². The van der Waals surface area contributed by atoms with E-state index in [4.69, 9.17) is 4.74 Å². The summed E-state index contributed by atoms with van der Waals surface area (Å²) < 4.78 is 5.17. The van der Waals surface area contributed by atoms with Gasteiger partial charge in [0.2, 0.25) is 0 Å². The summed E-state index contributed by atoms with van der Waals surface area (Å²) in [6, 6.07) is 15.6. The van der Waals surface area contributed by atoms with Crippen molar-refractivity contribution in [1.82, 2.24) is 0 Å². The first-order valence-electron chi connectivity index (χ1n) is 5.19. The van der Waals surface area contributed by atoms with Crippen LogP contribution in [0.5, 0.6) is 5.75 Å². The van der Waals surface area contributed by atoms with Gasteiger partial charge in [-0.25, -0.2) is 0 Å². The lowest BCUT2D eigenvalue weighted by atomic mass is 10.2. The zero-order valence-corrected chi connectivity index (χ0v) is 10.2. The number of methoxy groups -OCH3 is 1. The first kappa shape index (κ1) is 11.7. The van der Waals surface area contributed by atoms with Gasteiger partial charge in [0.15, 0.2) is 6.29 Å². The molecule has 0 radical (unpaired) electrons. The minimum Gasteiger partial charge on any atom is -0.496 e. The van der Waals surface area contributed by atoms with Gasteiger partial charge < -0.3 is 4.74 Å². The number of carbonyl (C=O) groups excluding carboxylic acids is 1. The first-order valence-corrected chi connectivity index (χ1v) is 6.01. The summed E-state index contributed by atoms with van der Waals surface area (Å²) in [6.45, 7) is 0. The topological polar surface area (TPSA) is 26.3 Å². The fourth-order valence-corrected chi connectivity index (χ4v) is 2.34. The molecule has 0 heterocycles. The van der Waals surface area contributed by atoms with E-state index in [0.29, 0.717) is 11.3 Å². The second-order valence-electron chi connectivity index (χ2n) is 3.44. The van der Waals surface area contributed by atoms with Gasteiger partial charge in [-0.2, -0.15) is 0 Å². The molecule has 0 N–H and O–H groups in total. The Hall–Kier alpha value is -1.74. The van der Waals surface area contributed by atoms with E-state index in [1.54, 1.807) is 24.9 Å². The smallest absolute Gasteiger partial charge is 0.153 e. The second kappa shape index (κ2) is 5.55. The molecule has 17 heavy (non-hydrogen) atoms. The summed E-state index contributed by atoms with van der Waals surface area (Å²) in [5.41, 5.74) is 0.574. The summed E-state index contributed by atoms with van der Waals surface area (Å²) in [5.74, 6) is 0.612. The molecular weight excluding hydrogens is 232 g/mol. The Labute approximate surface area is 105 Å². The Balaban J connectivity index is 2.25. The molecule has 0 aromatic heterocycles. The highest BCUT2D eigenvalue weighted by Gasteiger charge is 2.04. The zero-order valence-electron chi connectivity index (χ0n) is 9.42. The maximum atomic E-state index is 10.8. The van der Waals surface area contributed by atoms with Crippen molar-refractivity contribution < 1.29 is 9.53 Å². The first-order chi connectivity index (χ1) is 8.33. The van der Waals surface area contributed by atoms with Crippen LogP contribution >= 0.6 is 11.8 Å². The van der Waals surface area contributed by atoms with Gasteiger partial charge in [0.25, 0.3) is 0 Å². The van der Waals surface area contributed by atoms with Gasteiger partial charge in [0, 0.05) is 9.79 Å². The maximum absolute atomic E-state index is 10.8. The molecule has 0 fully saturated rings. The van der Waals surface area contributed by atoms with Crippen LogP contribution in [-0.2, 0) is 0 Å². The highest BCUT2D eigenvalue weighted by Crippen LogP contribution is 2.31. The molecule has 0 saturated carbocycles. The van der Waals surface area contributed by atoms with E-state index in [-0.39, 0.29) is 0 Å². The highest BCUT2D eigenvalue weighted by atomic mass is 32.2. The van der Waals surface area contributed by atoms with Crippen LogP contribution in [-0.4, -0.2) is 13.4 Å². The number of aldehydes is 1. The van der Waals surface area contributed by atoms with E-state index < -0.39 is 0 Å². The average Bonchev–Trinajstić information content (AvgIpc) is 2.40. The Morgan fingerprint density at radius 1 is 1.06 bits per heavy atom. The molecule has 0 unspecified atom stereocenters. The predicted molar refractivity (Wildman–Crippen MR) is 68.9 cm³/mol. The predicted octanol–water partition coefficient (Wildman–Crippen LogP) is 3.66. The zero-order chi connectivity index (χ0) is 12.1. The number of rotatable bonds is 4. The van der Waals surface area contributed by atoms with Crippen molar-refractivity contribution in [2.75, 3.05) is 7.11 Å². The lowest BCUT2D eigenvalue weighted by molar-refractivity contribution is 0.112. The Bertz CT molecular complexity index is 509. The molecule has 0 aliphatic heterocycles. The molecule has 2 rings (SSSR count). The van der Waals surface area contributed by atoms with Gasteiger partial charge in [0.05, 0.1) is 12.7 Å². The molecule has 0 spiro atoms. The van der Waals surface area contributed by atoms with E-state index in [9.17, 15) is 4.79 Å². The molecule has 2 aromatic rings. The number of hydrogen-bond donors (Lipinski definition) is 0. The van der Waals surface area contributed by atoms with Gasteiger partial charge in [0.1, 0.15) is 5.75 Å².